The van der Waals surface area contributed by atoms with E-state index in [1.165, 1.54) is 0 Å². The summed E-state index contributed by atoms with van der Waals surface area (Å²) in [5.74, 6) is 0.282. The molecule has 1 aliphatic rings. The van der Waals surface area contributed by atoms with Crippen LogP contribution in [0.25, 0.3) is 0 Å². The highest BCUT2D eigenvalue weighted by Gasteiger charge is 2.25. The molecule has 1 heterocycles. The van der Waals surface area contributed by atoms with Crippen LogP contribution in [0.1, 0.15) is 33.1 Å². The number of amides is 1. The SMILES string of the molecule is CCCC(=O)N1CCC(OCC)C1. The van der Waals surface area contributed by atoms with Crippen molar-refractivity contribution in [2.45, 2.75) is 39.2 Å². The molecule has 0 aromatic carbocycles. The smallest absolute Gasteiger partial charge is 0.222 e. The summed E-state index contributed by atoms with van der Waals surface area (Å²) in [7, 11) is 0. The summed E-state index contributed by atoms with van der Waals surface area (Å²) < 4.78 is 5.47. The van der Waals surface area contributed by atoms with Crippen molar-refractivity contribution in [1.29, 1.82) is 0 Å². The van der Waals surface area contributed by atoms with Crippen molar-refractivity contribution in [1.82, 2.24) is 4.90 Å². The summed E-state index contributed by atoms with van der Waals surface area (Å²) in [6, 6.07) is 0. The number of hydrogen-bond acceptors (Lipinski definition) is 2. The number of ether oxygens (including phenoxy) is 1. The van der Waals surface area contributed by atoms with Crippen molar-refractivity contribution in [3.63, 3.8) is 0 Å². The standard InChI is InChI=1S/C10H19NO2/c1-3-5-10(12)11-7-6-9(8-11)13-4-2/h9H,3-8H2,1-2H3. The topological polar surface area (TPSA) is 29.5 Å². The Morgan fingerprint density at radius 1 is 1.54 bits per heavy atom. The third kappa shape index (κ3) is 2.99. The van der Waals surface area contributed by atoms with Crippen molar-refractivity contribution in [3.05, 3.63) is 0 Å². The molecule has 0 N–H and O–H groups in total. The summed E-state index contributed by atoms with van der Waals surface area (Å²) in [5.41, 5.74) is 0. The Morgan fingerprint density at radius 3 is 2.92 bits per heavy atom. The summed E-state index contributed by atoms with van der Waals surface area (Å²) in [5, 5.41) is 0. The summed E-state index contributed by atoms with van der Waals surface area (Å²) >= 11 is 0. The van der Waals surface area contributed by atoms with Gasteiger partial charge in [0.25, 0.3) is 0 Å². The van der Waals surface area contributed by atoms with Gasteiger partial charge in [0.2, 0.25) is 5.91 Å². The first kappa shape index (κ1) is 10.5. The fraction of sp³-hybridized carbons (Fsp3) is 0.900. The lowest BCUT2D eigenvalue weighted by Gasteiger charge is -2.15. The molecule has 1 unspecified atom stereocenters. The molecule has 1 atom stereocenters. The summed E-state index contributed by atoms with van der Waals surface area (Å²) in [6.45, 7) is 6.46. The fourth-order valence-corrected chi connectivity index (χ4v) is 1.70. The van der Waals surface area contributed by atoms with Crippen molar-refractivity contribution in [2.24, 2.45) is 0 Å². The predicted octanol–water partition coefficient (Wildman–Crippen LogP) is 1.42. The van der Waals surface area contributed by atoms with Gasteiger partial charge in [0.1, 0.15) is 0 Å². The van der Waals surface area contributed by atoms with Gasteiger partial charge in [-0.1, -0.05) is 6.92 Å². The van der Waals surface area contributed by atoms with Gasteiger partial charge in [0.05, 0.1) is 6.10 Å². The molecule has 1 fully saturated rings. The number of likely N-dealkylation sites (tertiary alicyclic amines) is 1. The Labute approximate surface area is 80.1 Å². The molecule has 0 bridgehead atoms. The lowest BCUT2D eigenvalue weighted by atomic mass is 10.3. The number of carbonyl (C=O) groups is 1. The molecule has 0 spiro atoms. The van der Waals surface area contributed by atoms with Gasteiger partial charge in [-0.2, -0.15) is 0 Å². The molecule has 1 rings (SSSR count). The molecular weight excluding hydrogens is 166 g/mol. The maximum atomic E-state index is 11.5. The van der Waals surface area contributed by atoms with Crippen LogP contribution in [-0.4, -0.2) is 36.6 Å². The van der Waals surface area contributed by atoms with Crippen LogP contribution >= 0.6 is 0 Å². The molecule has 1 aliphatic heterocycles. The van der Waals surface area contributed by atoms with Gasteiger partial charge in [0, 0.05) is 26.1 Å². The van der Waals surface area contributed by atoms with Gasteiger partial charge in [-0.3, -0.25) is 4.79 Å². The maximum absolute atomic E-state index is 11.5. The van der Waals surface area contributed by atoms with E-state index in [0.717, 1.165) is 32.5 Å². The van der Waals surface area contributed by atoms with Crippen LogP contribution in [0.15, 0.2) is 0 Å². The van der Waals surface area contributed by atoms with E-state index in [9.17, 15) is 4.79 Å². The minimum atomic E-state index is 0.282. The van der Waals surface area contributed by atoms with E-state index in [-0.39, 0.29) is 12.0 Å². The van der Waals surface area contributed by atoms with Crippen LogP contribution in [0.5, 0.6) is 0 Å². The van der Waals surface area contributed by atoms with Crippen LogP contribution in [0.4, 0.5) is 0 Å². The molecule has 3 heteroatoms. The first-order valence-corrected chi connectivity index (χ1v) is 5.17. The highest BCUT2D eigenvalue weighted by molar-refractivity contribution is 5.76. The van der Waals surface area contributed by atoms with Crippen molar-refractivity contribution in [3.8, 4) is 0 Å². The fourth-order valence-electron chi connectivity index (χ4n) is 1.70. The van der Waals surface area contributed by atoms with Gasteiger partial charge in [-0.15, -0.1) is 0 Å². The van der Waals surface area contributed by atoms with E-state index in [1.807, 2.05) is 18.7 Å². The zero-order valence-corrected chi connectivity index (χ0v) is 8.58. The average molecular weight is 185 g/mol. The third-order valence-electron chi connectivity index (χ3n) is 2.36. The van der Waals surface area contributed by atoms with Gasteiger partial charge in [-0.05, 0) is 19.8 Å². The maximum Gasteiger partial charge on any atom is 0.222 e. The second-order valence-corrected chi connectivity index (χ2v) is 3.46. The highest BCUT2D eigenvalue weighted by atomic mass is 16.5. The second kappa shape index (κ2) is 5.22. The minimum Gasteiger partial charge on any atom is -0.377 e. The van der Waals surface area contributed by atoms with E-state index < -0.39 is 0 Å². The molecule has 0 aromatic heterocycles. The molecule has 76 valence electrons. The zero-order chi connectivity index (χ0) is 9.68. The average Bonchev–Trinajstić information content (AvgIpc) is 2.54. The van der Waals surface area contributed by atoms with Crippen LogP contribution in [0.2, 0.25) is 0 Å². The molecule has 0 aromatic rings. The lowest BCUT2D eigenvalue weighted by molar-refractivity contribution is -0.130. The second-order valence-electron chi connectivity index (χ2n) is 3.46. The number of hydrogen-bond donors (Lipinski definition) is 0. The molecule has 0 radical (unpaired) electrons. The van der Waals surface area contributed by atoms with Crippen molar-refractivity contribution in [2.75, 3.05) is 19.7 Å². The van der Waals surface area contributed by atoms with Crippen LogP contribution in [-0.2, 0) is 9.53 Å². The van der Waals surface area contributed by atoms with Crippen LogP contribution in [0, 0.1) is 0 Å². The lowest BCUT2D eigenvalue weighted by Crippen LogP contribution is -2.29. The molecule has 3 nitrogen and oxygen atoms in total. The van der Waals surface area contributed by atoms with Gasteiger partial charge in [-0.25, -0.2) is 0 Å². The molecule has 0 aliphatic carbocycles. The molecule has 0 saturated carbocycles. The number of carbonyl (C=O) groups excluding carboxylic acids is 1. The van der Waals surface area contributed by atoms with Gasteiger partial charge in [0.15, 0.2) is 0 Å². The van der Waals surface area contributed by atoms with Crippen molar-refractivity contribution < 1.29 is 9.53 Å². The Morgan fingerprint density at radius 2 is 2.31 bits per heavy atom. The Bertz CT molecular complexity index is 170. The van der Waals surface area contributed by atoms with E-state index in [1.54, 1.807) is 0 Å². The van der Waals surface area contributed by atoms with E-state index in [4.69, 9.17) is 4.74 Å². The van der Waals surface area contributed by atoms with Crippen molar-refractivity contribution >= 4 is 5.91 Å². The Kier molecular flexibility index (Phi) is 4.22. The summed E-state index contributed by atoms with van der Waals surface area (Å²) in [4.78, 5) is 13.4. The van der Waals surface area contributed by atoms with E-state index >= 15 is 0 Å². The molecule has 13 heavy (non-hydrogen) atoms. The first-order chi connectivity index (χ1) is 6.27. The minimum absolute atomic E-state index is 0.282. The predicted molar refractivity (Wildman–Crippen MR) is 51.5 cm³/mol. The van der Waals surface area contributed by atoms with Crippen LogP contribution in [0.3, 0.4) is 0 Å². The summed E-state index contributed by atoms with van der Waals surface area (Å²) in [6.07, 6.45) is 2.90. The van der Waals surface area contributed by atoms with Crippen LogP contribution < -0.4 is 0 Å². The monoisotopic (exact) mass is 185 g/mol. The molecular formula is C10H19NO2. The third-order valence-corrected chi connectivity index (χ3v) is 2.36. The molecule has 1 amide bonds. The number of rotatable bonds is 4. The Balaban J connectivity index is 2.27. The normalized spacial score (nSPS) is 22.3. The van der Waals surface area contributed by atoms with E-state index in [0.29, 0.717) is 6.42 Å². The zero-order valence-electron chi connectivity index (χ0n) is 8.58. The molecule has 1 saturated heterocycles. The Hall–Kier alpha value is -0.570. The first-order valence-electron chi connectivity index (χ1n) is 5.17. The van der Waals surface area contributed by atoms with Gasteiger partial charge < -0.3 is 9.64 Å². The quantitative estimate of drug-likeness (QED) is 0.663. The van der Waals surface area contributed by atoms with E-state index in [2.05, 4.69) is 0 Å². The largest absolute Gasteiger partial charge is 0.377 e. The number of nitrogens with zero attached hydrogens (tertiary/aromatic N) is 1. The highest BCUT2D eigenvalue weighted by Crippen LogP contribution is 2.13. The van der Waals surface area contributed by atoms with Gasteiger partial charge >= 0.3 is 0 Å².